The van der Waals surface area contributed by atoms with Gasteiger partial charge in [0.2, 0.25) is 11.8 Å². The first-order valence-corrected chi connectivity index (χ1v) is 9.70. The van der Waals surface area contributed by atoms with Gasteiger partial charge in [0.05, 0.1) is 5.69 Å². The van der Waals surface area contributed by atoms with E-state index in [9.17, 15) is 4.79 Å². The number of ether oxygens (including phenoxy) is 1. The number of carbonyl (C=O) groups excluding carboxylic acids is 1. The van der Waals surface area contributed by atoms with Crippen LogP contribution in [-0.4, -0.2) is 38.8 Å². The van der Waals surface area contributed by atoms with Crippen LogP contribution in [0.5, 0.6) is 11.6 Å². The SMILES string of the molecule is NC(=O)c1ccc(Oc2nccnc2[C@H]2CCCN(Cc3ccccn3)C2)cc1. The number of rotatable bonds is 6. The Morgan fingerprint density at radius 3 is 2.66 bits per heavy atom. The molecule has 1 saturated heterocycles. The van der Waals surface area contributed by atoms with Gasteiger partial charge in [0.25, 0.3) is 0 Å². The fourth-order valence-corrected chi connectivity index (χ4v) is 3.64. The van der Waals surface area contributed by atoms with Crippen LogP contribution in [0.1, 0.15) is 40.5 Å². The number of carbonyl (C=O) groups is 1. The Bertz CT molecular complexity index is 962. The molecule has 1 aliphatic rings. The molecular formula is C22H23N5O2. The average Bonchev–Trinajstić information content (AvgIpc) is 2.75. The molecule has 2 N–H and O–H groups in total. The highest BCUT2D eigenvalue weighted by molar-refractivity contribution is 5.92. The van der Waals surface area contributed by atoms with E-state index in [1.165, 1.54) is 0 Å². The summed E-state index contributed by atoms with van der Waals surface area (Å²) in [6, 6.07) is 12.7. The Labute approximate surface area is 169 Å². The first kappa shape index (κ1) is 19.0. The number of aromatic nitrogens is 3. The van der Waals surface area contributed by atoms with Gasteiger partial charge < -0.3 is 10.5 Å². The van der Waals surface area contributed by atoms with Gasteiger partial charge in [0, 0.05) is 43.2 Å². The van der Waals surface area contributed by atoms with E-state index in [2.05, 4.69) is 25.9 Å². The van der Waals surface area contributed by atoms with Crippen LogP contribution < -0.4 is 10.5 Å². The van der Waals surface area contributed by atoms with E-state index < -0.39 is 5.91 Å². The molecule has 2 aromatic heterocycles. The lowest BCUT2D eigenvalue weighted by molar-refractivity contribution is 0.100. The molecule has 1 amide bonds. The fraction of sp³-hybridized carbons (Fsp3) is 0.273. The summed E-state index contributed by atoms with van der Waals surface area (Å²) >= 11 is 0. The van der Waals surface area contributed by atoms with Crippen LogP contribution in [0.3, 0.4) is 0 Å². The Hall–Kier alpha value is -3.32. The zero-order valence-corrected chi connectivity index (χ0v) is 16.1. The van der Waals surface area contributed by atoms with Gasteiger partial charge >= 0.3 is 0 Å². The Kier molecular flexibility index (Phi) is 5.76. The first-order valence-electron chi connectivity index (χ1n) is 9.70. The van der Waals surface area contributed by atoms with Gasteiger partial charge in [-0.2, -0.15) is 0 Å². The van der Waals surface area contributed by atoms with E-state index in [1.807, 2.05) is 18.3 Å². The van der Waals surface area contributed by atoms with Gasteiger partial charge in [0.1, 0.15) is 11.4 Å². The van der Waals surface area contributed by atoms with Crippen LogP contribution >= 0.6 is 0 Å². The van der Waals surface area contributed by atoms with Gasteiger partial charge in [-0.05, 0) is 55.8 Å². The zero-order valence-electron chi connectivity index (χ0n) is 16.1. The van der Waals surface area contributed by atoms with Crippen LogP contribution in [0, 0.1) is 0 Å². The Morgan fingerprint density at radius 2 is 1.90 bits per heavy atom. The van der Waals surface area contributed by atoms with Crippen molar-refractivity contribution in [3.8, 4) is 11.6 Å². The third-order valence-electron chi connectivity index (χ3n) is 5.05. The van der Waals surface area contributed by atoms with Crippen LogP contribution in [0.15, 0.2) is 61.1 Å². The maximum atomic E-state index is 11.2. The zero-order chi connectivity index (χ0) is 20.1. The minimum Gasteiger partial charge on any atom is -0.437 e. The van der Waals surface area contributed by atoms with Crippen LogP contribution in [0.4, 0.5) is 0 Å². The van der Waals surface area contributed by atoms with Gasteiger partial charge in [-0.1, -0.05) is 6.07 Å². The number of benzene rings is 1. The fourth-order valence-electron chi connectivity index (χ4n) is 3.64. The molecule has 0 saturated carbocycles. The quantitative estimate of drug-likeness (QED) is 0.696. The first-order chi connectivity index (χ1) is 14.2. The molecule has 1 atom stereocenters. The van der Waals surface area contributed by atoms with E-state index in [0.29, 0.717) is 17.2 Å². The van der Waals surface area contributed by atoms with Crippen LogP contribution in [-0.2, 0) is 6.54 Å². The van der Waals surface area contributed by atoms with Gasteiger partial charge in [-0.25, -0.2) is 4.98 Å². The summed E-state index contributed by atoms with van der Waals surface area (Å²) in [4.78, 5) is 27.1. The predicted molar refractivity (Wildman–Crippen MR) is 109 cm³/mol. The number of piperidine rings is 1. The van der Waals surface area contributed by atoms with Gasteiger partial charge in [-0.15, -0.1) is 0 Å². The maximum Gasteiger partial charge on any atom is 0.248 e. The van der Waals surface area contributed by atoms with Crippen molar-refractivity contribution < 1.29 is 9.53 Å². The van der Waals surface area contributed by atoms with Crippen LogP contribution in [0.25, 0.3) is 0 Å². The molecule has 0 aliphatic carbocycles. The minimum absolute atomic E-state index is 0.237. The third kappa shape index (κ3) is 4.75. The van der Waals surface area contributed by atoms with Crippen molar-refractivity contribution >= 4 is 5.91 Å². The molecule has 1 fully saturated rings. The average molecular weight is 389 g/mol. The summed E-state index contributed by atoms with van der Waals surface area (Å²) in [6.07, 6.45) is 7.28. The molecule has 148 valence electrons. The van der Waals surface area contributed by atoms with Gasteiger partial charge in [0.15, 0.2) is 0 Å². The smallest absolute Gasteiger partial charge is 0.248 e. The highest BCUT2D eigenvalue weighted by Gasteiger charge is 2.26. The highest BCUT2D eigenvalue weighted by atomic mass is 16.5. The van der Waals surface area contributed by atoms with E-state index in [0.717, 1.165) is 43.9 Å². The molecule has 0 bridgehead atoms. The monoisotopic (exact) mass is 389 g/mol. The number of primary amides is 1. The summed E-state index contributed by atoms with van der Waals surface area (Å²) in [6.45, 7) is 2.74. The summed E-state index contributed by atoms with van der Waals surface area (Å²) in [5, 5.41) is 0. The lowest BCUT2D eigenvalue weighted by Gasteiger charge is -2.32. The van der Waals surface area contributed by atoms with E-state index in [-0.39, 0.29) is 5.92 Å². The number of likely N-dealkylation sites (tertiary alicyclic amines) is 1. The van der Waals surface area contributed by atoms with E-state index >= 15 is 0 Å². The van der Waals surface area contributed by atoms with Crippen molar-refractivity contribution in [1.82, 2.24) is 19.9 Å². The number of pyridine rings is 1. The summed E-state index contributed by atoms with van der Waals surface area (Å²) in [5.74, 6) is 0.870. The number of nitrogens with two attached hydrogens (primary N) is 1. The lowest BCUT2D eigenvalue weighted by Crippen LogP contribution is -2.34. The normalized spacial score (nSPS) is 17.0. The summed E-state index contributed by atoms with van der Waals surface area (Å²) < 4.78 is 5.99. The molecule has 1 aliphatic heterocycles. The second-order valence-corrected chi connectivity index (χ2v) is 7.13. The molecule has 3 aromatic rings. The molecule has 1 aromatic carbocycles. The molecule has 0 radical (unpaired) electrons. The highest BCUT2D eigenvalue weighted by Crippen LogP contribution is 2.33. The molecule has 7 nitrogen and oxygen atoms in total. The second kappa shape index (κ2) is 8.79. The lowest BCUT2D eigenvalue weighted by atomic mass is 9.94. The number of hydrogen-bond donors (Lipinski definition) is 1. The molecular weight excluding hydrogens is 366 g/mol. The van der Waals surface area contributed by atoms with Crippen molar-refractivity contribution in [1.29, 1.82) is 0 Å². The van der Waals surface area contributed by atoms with Crippen molar-refractivity contribution in [2.45, 2.75) is 25.3 Å². The van der Waals surface area contributed by atoms with Crippen molar-refractivity contribution in [3.05, 3.63) is 78.0 Å². The van der Waals surface area contributed by atoms with Crippen LogP contribution in [0.2, 0.25) is 0 Å². The minimum atomic E-state index is -0.466. The number of nitrogens with zero attached hydrogens (tertiary/aromatic N) is 4. The molecule has 29 heavy (non-hydrogen) atoms. The van der Waals surface area contributed by atoms with E-state index in [1.54, 1.807) is 36.7 Å². The Morgan fingerprint density at radius 1 is 1.07 bits per heavy atom. The Balaban J connectivity index is 1.49. The standard InChI is InChI=1S/C22H23N5O2/c23-21(28)16-6-8-19(9-7-16)29-22-20(25-11-12-26-22)17-4-3-13-27(14-17)15-18-5-1-2-10-24-18/h1-2,5-12,17H,3-4,13-15H2,(H2,23,28)/t17-/m0/s1. The molecule has 0 unspecified atom stereocenters. The summed E-state index contributed by atoms with van der Waals surface area (Å²) in [7, 11) is 0. The van der Waals surface area contributed by atoms with Gasteiger partial charge in [-0.3, -0.25) is 19.7 Å². The second-order valence-electron chi connectivity index (χ2n) is 7.13. The molecule has 4 rings (SSSR count). The number of amides is 1. The number of hydrogen-bond acceptors (Lipinski definition) is 6. The van der Waals surface area contributed by atoms with Crippen molar-refractivity contribution in [2.75, 3.05) is 13.1 Å². The predicted octanol–water partition coefficient (Wildman–Crippen LogP) is 3.14. The molecule has 7 heteroatoms. The third-order valence-corrected chi connectivity index (χ3v) is 5.05. The largest absolute Gasteiger partial charge is 0.437 e. The topological polar surface area (TPSA) is 94.2 Å². The molecule has 3 heterocycles. The summed E-state index contributed by atoms with van der Waals surface area (Å²) in [5.41, 5.74) is 7.66. The maximum absolute atomic E-state index is 11.2. The van der Waals surface area contributed by atoms with Crippen molar-refractivity contribution in [2.24, 2.45) is 5.73 Å². The molecule has 0 spiro atoms. The van der Waals surface area contributed by atoms with Crippen molar-refractivity contribution in [3.63, 3.8) is 0 Å². The van der Waals surface area contributed by atoms with E-state index in [4.69, 9.17) is 10.5 Å².